The number of ether oxygens (including phenoxy) is 1. The van der Waals surface area contributed by atoms with Crippen molar-refractivity contribution in [3.8, 4) is 17.1 Å². The number of nitrogens with zero attached hydrogens (tertiary/aromatic N) is 4. The van der Waals surface area contributed by atoms with Gasteiger partial charge < -0.3 is 14.2 Å². The number of benzene rings is 2. The van der Waals surface area contributed by atoms with E-state index in [0.717, 1.165) is 12.8 Å². The Balaban J connectivity index is 1.51. The van der Waals surface area contributed by atoms with Gasteiger partial charge in [-0.25, -0.2) is 0 Å². The topological polar surface area (TPSA) is 112 Å². The highest BCUT2D eigenvalue weighted by molar-refractivity contribution is 5.78. The third-order valence-corrected chi connectivity index (χ3v) is 5.32. The number of carbonyl (C=O) groups excluding carboxylic acids is 1. The van der Waals surface area contributed by atoms with Crippen molar-refractivity contribution in [3.63, 3.8) is 0 Å². The fraction of sp³-hybridized carbons (Fsp3) is 0.318. The third-order valence-electron chi connectivity index (χ3n) is 5.32. The number of nitro groups is 1. The summed E-state index contributed by atoms with van der Waals surface area (Å²) in [5, 5.41) is 15.2. The number of likely N-dealkylation sites (tertiary alicyclic amines) is 1. The molecule has 0 radical (unpaired) electrons. The predicted octanol–water partition coefficient (Wildman–Crippen LogP) is 4.09. The molecule has 1 amide bonds. The highest BCUT2D eigenvalue weighted by atomic mass is 16.6. The van der Waals surface area contributed by atoms with E-state index in [1.165, 1.54) is 6.07 Å². The van der Waals surface area contributed by atoms with Crippen LogP contribution in [0, 0.1) is 17.0 Å². The Bertz CT molecular complexity index is 1080. The lowest BCUT2D eigenvalue weighted by atomic mass is 10.0. The molecule has 0 bridgehead atoms. The standard InChI is InChI=1S/C22H22N4O5/c1-15-10-11-16(13-19(15)26(28)29)21-23-22(31-24-21)18-9-5-6-12-25(18)20(27)14-30-17-7-3-2-4-8-17/h2-4,7-8,10-11,13,18H,5-6,9,12,14H2,1H3. The normalized spacial score (nSPS) is 16.2. The molecule has 160 valence electrons. The molecule has 1 atom stereocenters. The molecule has 9 heteroatoms. The number of piperidine rings is 1. The van der Waals surface area contributed by atoms with Crippen LogP contribution >= 0.6 is 0 Å². The van der Waals surface area contributed by atoms with Crippen molar-refractivity contribution >= 4 is 11.6 Å². The van der Waals surface area contributed by atoms with Crippen LogP contribution in [0.25, 0.3) is 11.4 Å². The van der Waals surface area contributed by atoms with Crippen molar-refractivity contribution in [2.24, 2.45) is 0 Å². The zero-order chi connectivity index (χ0) is 21.8. The molecule has 31 heavy (non-hydrogen) atoms. The fourth-order valence-corrected chi connectivity index (χ4v) is 3.66. The average Bonchev–Trinajstić information content (AvgIpc) is 3.28. The number of nitro benzene ring substituents is 1. The van der Waals surface area contributed by atoms with E-state index in [0.29, 0.717) is 35.7 Å². The lowest BCUT2D eigenvalue weighted by Crippen LogP contribution is -2.41. The summed E-state index contributed by atoms with van der Waals surface area (Å²) >= 11 is 0. The van der Waals surface area contributed by atoms with Crippen LogP contribution in [0.1, 0.15) is 36.8 Å². The van der Waals surface area contributed by atoms with Crippen molar-refractivity contribution in [1.29, 1.82) is 0 Å². The molecule has 0 saturated carbocycles. The predicted molar refractivity (Wildman–Crippen MR) is 111 cm³/mol. The number of hydrogen-bond donors (Lipinski definition) is 0. The van der Waals surface area contributed by atoms with Crippen LogP contribution in [0.5, 0.6) is 5.75 Å². The molecule has 1 unspecified atom stereocenters. The maximum Gasteiger partial charge on any atom is 0.273 e. The summed E-state index contributed by atoms with van der Waals surface area (Å²) in [7, 11) is 0. The van der Waals surface area contributed by atoms with E-state index in [-0.39, 0.29) is 30.1 Å². The molecule has 1 aliphatic rings. The number of rotatable bonds is 6. The first-order valence-corrected chi connectivity index (χ1v) is 10.1. The zero-order valence-corrected chi connectivity index (χ0v) is 17.1. The Kier molecular flexibility index (Phi) is 5.92. The molecule has 1 aliphatic heterocycles. The fourth-order valence-electron chi connectivity index (χ4n) is 3.66. The molecule has 2 heterocycles. The van der Waals surface area contributed by atoms with E-state index in [1.54, 1.807) is 36.1 Å². The van der Waals surface area contributed by atoms with Crippen LogP contribution in [0.3, 0.4) is 0 Å². The van der Waals surface area contributed by atoms with Gasteiger partial charge in [0, 0.05) is 23.7 Å². The second-order valence-corrected chi connectivity index (χ2v) is 7.42. The number of carbonyl (C=O) groups is 1. The molecule has 0 aliphatic carbocycles. The lowest BCUT2D eigenvalue weighted by molar-refractivity contribution is -0.385. The molecule has 2 aromatic carbocycles. The van der Waals surface area contributed by atoms with Crippen LogP contribution in [-0.4, -0.2) is 39.0 Å². The molecule has 3 aromatic rings. The molecule has 1 aromatic heterocycles. The zero-order valence-electron chi connectivity index (χ0n) is 17.1. The Labute approximate surface area is 178 Å². The van der Waals surface area contributed by atoms with E-state index in [4.69, 9.17) is 9.26 Å². The summed E-state index contributed by atoms with van der Waals surface area (Å²) < 4.78 is 11.1. The van der Waals surface area contributed by atoms with E-state index in [9.17, 15) is 14.9 Å². The van der Waals surface area contributed by atoms with Gasteiger partial charge in [0.2, 0.25) is 11.7 Å². The van der Waals surface area contributed by atoms with Gasteiger partial charge in [0.1, 0.15) is 11.8 Å². The van der Waals surface area contributed by atoms with E-state index in [1.807, 2.05) is 18.2 Å². The molecule has 1 saturated heterocycles. The summed E-state index contributed by atoms with van der Waals surface area (Å²) in [6.07, 6.45) is 2.52. The first kappa shape index (κ1) is 20.5. The van der Waals surface area contributed by atoms with Gasteiger partial charge in [0.15, 0.2) is 6.61 Å². The van der Waals surface area contributed by atoms with Crippen LogP contribution in [0.2, 0.25) is 0 Å². The molecule has 0 spiro atoms. The van der Waals surface area contributed by atoms with Gasteiger partial charge in [0.25, 0.3) is 11.6 Å². The summed E-state index contributed by atoms with van der Waals surface area (Å²) in [4.78, 5) is 29.8. The van der Waals surface area contributed by atoms with Gasteiger partial charge in [0.05, 0.1) is 4.92 Å². The number of hydrogen-bond acceptors (Lipinski definition) is 7. The quantitative estimate of drug-likeness (QED) is 0.434. The van der Waals surface area contributed by atoms with Crippen molar-refractivity contribution < 1.29 is 19.0 Å². The van der Waals surface area contributed by atoms with Crippen molar-refractivity contribution in [3.05, 3.63) is 70.1 Å². The second kappa shape index (κ2) is 8.95. The number of aryl methyl sites for hydroxylation is 1. The summed E-state index contributed by atoms with van der Waals surface area (Å²) in [6.45, 7) is 2.17. The minimum atomic E-state index is -0.436. The van der Waals surface area contributed by atoms with Crippen LogP contribution in [0.15, 0.2) is 53.1 Å². The highest BCUT2D eigenvalue weighted by Crippen LogP contribution is 2.32. The van der Waals surface area contributed by atoms with Gasteiger partial charge >= 0.3 is 0 Å². The molecule has 4 rings (SSSR count). The van der Waals surface area contributed by atoms with Crippen molar-refractivity contribution in [2.45, 2.75) is 32.2 Å². The largest absolute Gasteiger partial charge is 0.484 e. The minimum absolute atomic E-state index is 0.00335. The first-order chi connectivity index (χ1) is 15.0. The minimum Gasteiger partial charge on any atom is -0.484 e. The van der Waals surface area contributed by atoms with Gasteiger partial charge in [-0.15, -0.1) is 0 Å². The number of para-hydroxylation sites is 1. The molecular weight excluding hydrogens is 400 g/mol. The van der Waals surface area contributed by atoms with Gasteiger partial charge in [-0.3, -0.25) is 14.9 Å². The monoisotopic (exact) mass is 422 g/mol. The number of aromatic nitrogens is 2. The SMILES string of the molecule is Cc1ccc(-c2noc(C3CCCCN3C(=O)COc3ccccc3)n2)cc1[N+](=O)[O-]. The molecule has 0 N–H and O–H groups in total. The van der Waals surface area contributed by atoms with Crippen LogP contribution in [-0.2, 0) is 4.79 Å². The summed E-state index contributed by atoms with van der Waals surface area (Å²) in [5.41, 5.74) is 1.05. The van der Waals surface area contributed by atoms with Crippen molar-refractivity contribution in [1.82, 2.24) is 15.0 Å². The van der Waals surface area contributed by atoms with Gasteiger partial charge in [-0.1, -0.05) is 35.5 Å². The van der Waals surface area contributed by atoms with E-state index < -0.39 is 4.92 Å². The second-order valence-electron chi connectivity index (χ2n) is 7.42. The van der Waals surface area contributed by atoms with E-state index >= 15 is 0 Å². The average molecular weight is 422 g/mol. The Morgan fingerprint density at radius 3 is 2.84 bits per heavy atom. The first-order valence-electron chi connectivity index (χ1n) is 10.1. The number of amides is 1. The molecular formula is C22H22N4O5. The molecule has 9 nitrogen and oxygen atoms in total. The van der Waals surface area contributed by atoms with Crippen LogP contribution < -0.4 is 4.74 Å². The maximum atomic E-state index is 12.8. The maximum absolute atomic E-state index is 12.8. The highest BCUT2D eigenvalue weighted by Gasteiger charge is 2.32. The van der Waals surface area contributed by atoms with Crippen molar-refractivity contribution in [2.75, 3.05) is 13.2 Å². The summed E-state index contributed by atoms with van der Waals surface area (Å²) in [5.74, 6) is 1.06. The van der Waals surface area contributed by atoms with E-state index in [2.05, 4.69) is 10.1 Å². The van der Waals surface area contributed by atoms with Crippen LogP contribution in [0.4, 0.5) is 5.69 Å². The van der Waals surface area contributed by atoms with Gasteiger partial charge in [-0.2, -0.15) is 4.98 Å². The molecule has 1 fully saturated rings. The lowest BCUT2D eigenvalue weighted by Gasteiger charge is -2.33. The smallest absolute Gasteiger partial charge is 0.273 e. The Morgan fingerprint density at radius 1 is 1.26 bits per heavy atom. The Hall–Kier alpha value is -3.75. The Morgan fingerprint density at radius 2 is 2.06 bits per heavy atom. The third kappa shape index (κ3) is 4.55. The summed E-state index contributed by atoms with van der Waals surface area (Å²) in [6, 6.07) is 13.6. The van der Waals surface area contributed by atoms with Gasteiger partial charge in [-0.05, 0) is 38.3 Å².